The number of piperazine rings is 1. The molecule has 0 unspecified atom stereocenters. The number of fused-ring (bicyclic) bond motifs is 1. The van der Waals surface area contributed by atoms with Crippen LogP contribution in [-0.2, 0) is 4.79 Å². The number of rotatable bonds is 2. The third kappa shape index (κ3) is 2.74. The lowest BCUT2D eigenvalue weighted by atomic mass is 10.1. The van der Waals surface area contributed by atoms with E-state index in [0.29, 0.717) is 5.70 Å². The SMILES string of the molecule is CC1=C(C(=O)N2CCN(C)CC2)NNc2c(-c3ccccc3)c(C)nn21. The summed E-state index contributed by atoms with van der Waals surface area (Å²) >= 11 is 0. The lowest BCUT2D eigenvalue weighted by molar-refractivity contribution is -0.129. The number of hydrogen-bond acceptors (Lipinski definition) is 5. The van der Waals surface area contributed by atoms with Gasteiger partial charge < -0.3 is 9.80 Å². The maximum Gasteiger partial charge on any atom is 0.273 e. The summed E-state index contributed by atoms with van der Waals surface area (Å²) < 4.78 is 1.83. The normalized spacial score (nSPS) is 17.6. The lowest BCUT2D eigenvalue weighted by Gasteiger charge is -2.34. The van der Waals surface area contributed by atoms with Crippen molar-refractivity contribution in [3.63, 3.8) is 0 Å². The summed E-state index contributed by atoms with van der Waals surface area (Å²) in [6, 6.07) is 10.2. The van der Waals surface area contributed by atoms with E-state index in [0.717, 1.165) is 54.5 Å². The summed E-state index contributed by atoms with van der Waals surface area (Å²) in [6.07, 6.45) is 0. The zero-order valence-electron chi connectivity index (χ0n) is 15.4. The summed E-state index contributed by atoms with van der Waals surface area (Å²) in [4.78, 5) is 17.1. The fourth-order valence-corrected chi connectivity index (χ4v) is 3.53. The van der Waals surface area contributed by atoms with Crippen molar-refractivity contribution in [2.75, 3.05) is 38.7 Å². The van der Waals surface area contributed by atoms with Gasteiger partial charge in [0.25, 0.3) is 5.91 Å². The van der Waals surface area contributed by atoms with Crippen LogP contribution in [-0.4, -0.2) is 58.7 Å². The molecule has 1 amide bonds. The van der Waals surface area contributed by atoms with E-state index in [1.165, 1.54) is 0 Å². The Bertz CT molecular complexity index is 862. The van der Waals surface area contributed by atoms with Gasteiger partial charge in [-0.25, -0.2) is 4.68 Å². The van der Waals surface area contributed by atoms with Gasteiger partial charge in [0, 0.05) is 31.7 Å². The van der Waals surface area contributed by atoms with Gasteiger partial charge in [-0.2, -0.15) is 5.10 Å². The largest absolute Gasteiger partial charge is 0.335 e. The van der Waals surface area contributed by atoms with Gasteiger partial charge in [0.15, 0.2) is 5.82 Å². The van der Waals surface area contributed by atoms with Crippen LogP contribution in [0.5, 0.6) is 0 Å². The fraction of sp³-hybridized carbons (Fsp3) is 0.368. The maximum absolute atomic E-state index is 12.9. The van der Waals surface area contributed by atoms with E-state index >= 15 is 0 Å². The van der Waals surface area contributed by atoms with Crippen molar-refractivity contribution in [2.24, 2.45) is 0 Å². The molecule has 2 aliphatic rings. The van der Waals surface area contributed by atoms with Gasteiger partial charge in [0.2, 0.25) is 0 Å². The Kier molecular flexibility index (Phi) is 4.16. The zero-order valence-corrected chi connectivity index (χ0v) is 15.4. The molecule has 0 bridgehead atoms. The highest BCUT2D eigenvalue weighted by Crippen LogP contribution is 2.35. The van der Waals surface area contributed by atoms with Crippen LogP contribution in [0.2, 0.25) is 0 Å². The van der Waals surface area contributed by atoms with E-state index in [1.807, 2.05) is 41.6 Å². The third-order valence-electron chi connectivity index (χ3n) is 5.11. The Labute approximate surface area is 153 Å². The first-order valence-corrected chi connectivity index (χ1v) is 8.92. The molecule has 3 heterocycles. The van der Waals surface area contributed by atoms with Crippen LogP contribution in [0.4, 0.5) is 5.82 Å². The minimum atomic E-state index is 0.0168. The molecule has 4 rings (SSSR count). The first-order chi connectivity index (χ1) is 12.6. The van der Waals surface area contributed by atoms with E-state index in [1.54, 1.807) is 0 Å². The van der Waals surface area contributed by atoms with Crippen LogP contribution in [0.25, 0.3) is 16.8 Å². The second kappa shape index (κ2) is 6.49. The standard InChI is InChI=1S/C19H24N6O/c1-13-16(15-7-5-4-6-8-15)18-21-20-17(14(2)25(18)22-13)19(26)24-11-9-23(3)10-12-24/h4-8,20-21H,9-12H2,1-3H3. The molecule has 26 heavy (non-hydrogen) atoms. The van der Waals surface area contributed by atoms with Crippen molar-refractivity contribution in [1.82, 2.24) is 25.0 Å². The van der Waals surface area contributed by atoms with E-state index < -0.39 is 0 Å². The van der Waals surface area contributed by atoms with Crippen LogP contribution >= 0.6 is 0 Å². The van der Waals surface area contributed by atoms with Gasteiger partial charge in [0.1, 0.15) is 5.70 Å². The van der Waals surface area contributed by atoms with Gasteiger partial charge >= 0.3 is 0 Å². The van der Waals surface area contributed by atoms with Crippen molar-refractivity contribution >= 4 is 17.4 Å². The highest BCUT2D eigenvalue weighted by molar-refractivity contribution is 5.99. The van der Waals surface area contributed by atoms with Crippen molar-refractivity contribution in [2.45, 2.75) is 13.8 Å². The number of hydrazine groups is 1. The van der Waals surface area contributed by atoms with Crippen molar-refractivity contribution in [3.05, 3.63) is 41.7 Å². The number of aryl methyl sites for hydroxylation is 1. The Morgan fingerprint density at radius 2 is 1.73 bits per heavy atom. The van der Waals surface area contributed by atoms with Gasteiger partial charge in [-0.15, -0.1) is 0 Å². The van der Waals surface area contributed by atoms with E-state index in [-0.39, 0.29) is 5.91 Å². The van der Waals surface area contributed by atoms with Crippen LogP contribution in [0.1, 0.15) is 12.6 Å². The molecular weight excluding hydrogens is 328 g/mol. The molecular formula is C19H24N6O. The van der Waals surface area contributed by atoms with Gasteiger partial charge in [-0.05, 0) is 26.5 Å². The number of carbonyl (C=O) groups excluding carboxylic acids is 1. The molecule has 0 atom stereocenters. The molecule has 1 saturated heterocycles. The monoisotopic (exact) mass is 352 g/mol. The number of aromatic nitrogens is 2. The Balaban J connectivity index is 1.68. The van der Waals surface area contributed by atoms with Gasteiger partial charge in [-0.1, -0.05) is 30.3 Å². The average Bonchev–Trinajstić information content (AvgIpc) is 3.00. The van der Waals surface area contributed by atoms with Crippen molar-refractivity contribution in [1.29, 1.82) is 0 Å². The Hall–Kier alpha value is -2.80. The summed E-state index contributed by atoms with van der Waals surface area (Å²) in [6.45, 7) is 7.21. The van der Waals surface area contributed by atoms with Crippen LogP contribution in [0.15, 0.2) is 36.0 Å². The maximum atomic E-state index is 12.9. The summed E-state index contributed by atoms with van der Waals surface area (Å²) in [5, 5.41) is 4.68. The molecule has 1 aromatic carbocycles. The molecule has 0 saturated carbocycles. The number of nitrogens with one attached hydrogen (secondary N) is 2. The molecule has 7 heteroatoms. The molecule has 7 nitrogen and oxygen atoms in total. The summed E-state index contributed by atoms with van der Waals surface area (Å²) in [7, 11) is 2.08. The van der Waals surface area contributed by atoms with Crippen LogP contribution < -0.4 is 10.9 Å². The molecule has 2 aliphatic heterocycles. The molecule has 0 spiro atoms. The van der Waals surface area contributed by atoms with E-state index in [9.17, 15) is 4.79 Å². The van der Waals surface area contributed by atoms with Gasteiger partial charge in [-0.3, -0.25) is 15.6 Å². The molecule has 1 aromatic heterocycles. The lowest BCUT2D eigenvalue weighted by Crippen LogP contribution is -2.50. The molecule has 2 aromatic rings. The molecule has 136 valence electrons. The number of allylic oxidation sites excluding steroid dienone is 1. The fourth-order valence-electron chi connectivity index (χ4n) is 3.53. The predicted octanol–water partition coefficient (Wildman–Crippen LogP) is 1.75. The number of amides is 1. The number of likely N-dealkylation sites (N-methyl/N-ethyl adjacent to an activating group) is 1. The highest BCUT2D eigenvalue weighted by Gasteiger charge is 2.29. The van der Waals surface area contributed by atoms with E-state index in [2.05, 4.69) is 40.0 Å². The third-order valence-corrected chi connectivity index (χ3v) is 5.11. The van der Waals surface area contributed by atoms with E-state index in [4.69, 9.17) is 0 Å². The Morgan fingerprint density at radius 1 is 1.04 bits per heavy atom. The van der Waals surface area contributed by atoms with Crippen molar-refractivity contribution in [3.8, 4) is 11.1 Å². The first kappa shape index (κ1) is 16.7. The molecule has 1 fully saturated rings. The van der Waals surface area contributed by atoms with Crippen LogP contribution in [0, 0.1) is 6.92 Å². The number of hydrogen-bond donors (Lipinski definition) is 2. The van der Waals surface area contributed by atoms with Crippen LogP contribution in [0.3, 0.4) is 0 Å². The smallest absolute Gasteiger partial charge is 0.273 e. The number of carbonyl (C=O) groups is 1. The second-order valence-corrected chi connectivity index (χ2v) is 6.89. The summed E-state index contributed by atoms with van der Waals surface area (Å²) in [5.74, 6) is 0.879. The quantitative estimate of drug-likeness (QED) is 0.862. The predicted molar refractivity (Wildman–Crippen MR) is 102 cm³/mol. The molecule has 0 radical (unpaired) electrons. The van der Waals surface area contributed by atoms with Gasteiger partial charge in [0.05, 0.1) is 11.4 Å². The minimum absolute atomic E-state index is 0.0168. The average molecular weight is 352 g/mol. The zero-order chi connectivity index (χ0) is 18.3. The number of benzene rings is 1. The van der Waals surface area contributed by atoms with Crippen molar-refractivity contribution < 1.29 is 4.79 Å². The molecule has 0 aliphatic carbocycles. The topological polar surface area (TPSA) is 65.4 Å². The first-order valence-electron chi connectivity index (χ1n) is 8.92. The highest BCUT2D eigenvalue weighted by atomic mass is 16.2. The minimum Gasteiger partial charge on any atom is -0.335 e. The Morgan fingerprint density at radius 3 is 2.42 bits per heavy atom. The molecule has 2 N–H and O–H groups in total. The number of anilines is 1. The number of nitrogens with zero attached hydrogens (tertiary/aromatic N) is 4. The summed E-state index contributed by atoms with van der Waals surface area (Å²) in [5.41, 5.74) is 10.8. The second-order valence-electron chi connectivity index (χ2n) is 6.89.